The molecule has 0 fully saturated rings. The van der Waals surface area contributed by atoms with E-state index in [4.69, 9.17) is 9.47 Å². The molecule has 0 spiro atoms. The van der Waals surface area contributed by atoms with Crippen molar-refractivity contribution in [2.75, 3.05) is 47.1 Å². The summed E-state index contributed by atoms with van der Waals surface area (Å²) in [5.41, 5.74) is 0. The maximum Gasteiger partial charge on any atom is 0.243 e. The Morgan fingerprint density at radius 3 is 2.48 bits per heavy atom. The van der Waals surface area contributed by atoms with Crippen LogP contribution >= 0.6 is 0 Å². The molecule has 0 aliphatic rings. The summed E-state index contributed by atoms with van der Waals surface area (Å²) >= 11 is 0. The van der Waals surface area contributed by atoms with Crippen molar-refractivity contribution in [2.24, 2.45) is 0 Å². The van der Waals surface area contributed by atoms with Crippen molar-refractivity contribution in [3.05, 3.63) is 30.1 Å². The summed E-state index contributed by atoms with van der Waals surface area (Å²) in [5.74, 6) is -0.980. The zero-order valence-corrected chi connectivity index (χ0v) is 13.9. The Balaban J connectivity index is 2.43. The summed E-state index contributed by atoms with van der Waals surface area (Å²) in [6, 6.07) is 4.42. The fourth-order valence-electron chi connectivity index (χ4n) is 1.64. The van der Waals surface area contributed by atoms with Gasteiger partial charge in [-0.3, -0.25) is 4.79 Å². The standard InChI is InChI=1S/C14H21FN2O5S/c1-17(11-14(18)16-7-8-22-10-9-21-2)23(19,20)13-5-3-12(15)4-6-13/h3-6H,7-11H2,1-2H3,(H,16,18). The molecule has 0 aliphatic carbocycles. The first kappa shape index (κ1) is 19.5. The summed E-state index contributed by atoms with van der Waals surface area (Å²) in [6.45, 7) is 1.13. The number of sulfonamides is 1. The first-order valence-electron chi connectivity index (χ1n) is 6.93. The highest BCUT2D eigenvalue weighted by molar-refractivity contribution is 7.89. The predicted molar refractivity (Wildman–Crippen MR) is 81.9 cm³/mol. The molecule has 0 atom stereocenters. The van der Waals surface area contributed by atoms with Gasteiger partial charge >= 0.3 is 0 Å². The monoisotopic (exact) mass is 348 g/mol. The number of ether oxygens (including phenoxy) is 2. The van der Waals surface area contributed by atoms with Crippen LogP contribution in [0.1, 0.15) is 0 Å². The van der Waals surface area contributed by atoms with E-state index < -0.39 is 21.7 Å². The molecule has 1 rings (SSSR count). The van der Waals surface area contributed by atoms with Crippen molar-refractivity contribution < 1.29 is 27.1 Å². The molecule has 23 heavy (non-hydrogen) atoms. The maximum atomic E-state index is 12.8. The largest absolute Gasteiger partial charge is 0.382 e. The van der Waals surface area contributed by atoms with Crippen LogP contribution in [0.4, 0.5) is 4.39 Å². The highest BCUT2D eigenvalue weighted by Gasteiger charge is 2.22. The Morgan fingerprint density at radius 1 is 1.22 bits per heavy atom. The van der Waals surface area contributed by atoms with Gasteiger partial charge in [-0.2, -0.15) is 4.31 Å². The molecular weight excluding hydrogens is 327 g/mol. The van der Waals surface area contributed by atoms with Crippen molar-refractivity contribution >= 4 is 15.9 Å². The number of nitrogens with zero attached hydrogens (tertiary/aromatic N) is 1. The van der Waals surface area contributed by atoms with Gasteiger partial charge in [0.25, 0.3) is 0 Å². The number of carbonyl (C=O) groups is 1. The average Bonchev–Trinajstić information content (AvgIpc) is 2.51. The number of hydrogen-bond acceptors (Lipinski definition) is 5. The summed E-state index contributed by atoms with van der Waals surface area (Å²) in [4.78, 5) is 11.6. The van der Waals surface area contributed by atoms with Crippen molar-refractivity contribution in [2.45, 2.75) is 4.90 Å². The van der Waals surface area contributed by atoms with Crippen molar-refractivity contribution in [3.63, 3.8) is 0 Å². The molecule has 0 bridgehead atoms. The molecule has 1 amide bonds. The molecule has 9 heteroatoms. The van der Waals surface area contributed by atoms with Crippen LogP contribution < -0.4 is 5.32 Å². The van der Waals surface area contributed by atoms with Crippen LogP contribution in [0.25, 0.3) is 0 Å². The lowest BCUT2D eigenvalue weighted by Crippen LogP contribution is -2.39. The quantitative estimate of drug-likeness (QED) is 0.612. The van der Waals surface area contributed by atoms with Gasteiger partial charge in [-0.05, 0) is 24.3 Å². The van der Waals surface area contributed by atoms with Crippen molar-refractivity contribution in [1.29, 1.82) is 0 Å². The summed E-state index contributed by atoms with van der Waals surface area (Å²) in [6.07, 6.45) is 0. The first-order chi connectivity index (χ1) is 10.9. The Labute approximate surface area is 135 Å². The number of benzene rings is 1. The van der Waals surface area contributed by atoms with Gasteiger partial charge < -0.3 is 14.8 Å². The number of nitrogens with one attached hydrogen (secondary N) is 1. The third kappa shape index (κ3) is 6.61. The number of amides is 1. The highest BCUT2D eigenvalue weighted by atomic mass is 32.2. The number of carbonyl (C=O) groups excluding carboxylic acids is 1. The van der Waals surface area contributed by atoms with Crippen molar-refractivity contribution in [3.8, 4) is 0 Å². The molecule has 1 N–H and O–H groups in total. The van der Waals surface area contributed by atoms with Crippen LogP contribution in [-0.4, -0.2) is 65.7 Å². The fraction of sp³-hybridized carbons (Fsp3) is 0.500. The van der Waals surface area contributed by atoms with Crippen LogP contribution in [0.15, 0.2) is 29.2 Å². The molecule has 0 unspecified atom stereocenters. The first-order valence-corrected chi connectivity index (χ1v) is 8.37. The molecule has 0 aliphatic heterocycles. The lowest BCUT2D eigenvalue weighted by molar-refractivity contribution is -0.121. The number of methoxy groups -OCH3 is 1. The smallest absolute Gasteiger partial charge is 0.243 e. The lowest BCUT2D eigenvalue weighted by atomic mass is 10.4. The van der Waals surface area contributed by atoms with E-state index in [1.807, 2.05) is 0 Å². The molecule has 0 radical (unpaired) electrons. The van der Waals surface area contributed by atoms with E-state index in [0.29, 0.717) is 19.8 Å². The molecule has 1 aromatic carbocycles. The maximum absolute atomic E-state index is 12.8. The number of halogens is 1. The van der Waals surface area contributed by atoms with E-state index in [1.165, 1.54) is 7.05 Å². The van der Waals surface area contributed by atoms with E-state index in [-0.39, 0.29) is 18.0 Å². The Kier molecular flexibility index (Phi) is 8.10. The second-order valence-electron chi connectivity index (χ2n) is 4.67. The molecular formula is C14H21FN2O5S. The minimum atomic E-state index is -3.84. The van der Waals surface area contributed by atoms with Gasteiger partial charge in [0, 0.05) is 20.7 Å². The van der Waals surface area contributed by atoms with Gasteiger partial charge in [-0.15, -0.1) is 0 Å². The summed E-state index contributed by atoms with van der Waals surface area (Å²) < 4.78 is 48.1. The number of hydrogen-bond donors (Lipinski definition) is 1. The molecule has 0 saturated heterocycles. The summed E-state index contributed by atoms with van der Waals surface area (Å²) in [7, 11) is -0.992. The molecule has 0 aromatic heterocycles. The second-order valence-corrected chi connectivity index (χ2v) is 6.72. The van der Waals surface area contributed by atoms with Gasteiger partial charge in [0.2, 0.25) is 15.9 Å². The topological polar surface area (TPSA) is 84.9 Å². The van der Waals surface area contributed by atoms with Gasteiger partial charge in [-0.1, -0.05) is 0 Å². The Morgan fingerprint density at radius 2 is 1.87 bits per heavy atom. The van der Waals surface area contributed by atoms with Crippen LogP contribution in [0.3, 0.4) is 0 Å². The summed E-state index contributed by atoms with van der Waals surface area (Å²) in [5, 5.41) is 2.55. The van der Waals surface area contributed by atoms with E-state index in [2.05, 4.69) is 5.32 Å². The normalized spacial score (nSPS) is 11.7. The molecule has 1 aromatic rings. The Hall–Kier alpha value is -1.55. The van der Waals surface area contributed by atoms with Crippen LogP contribution in [0, 0.1) is 5.82 Å². The Bertz CT molecular complexity index is 592. The van der Waals surface area contributed by atoms with Gasteiger partial charge in [0.15, 0.2) is 0 Å². The molecule has 130 valence electrons. The third-order valence-corrected chi connectivity index (χ3v) is 4.71. The second kappa shape index (κ2) is 9.56. The fourth-order valence-corrected chi connectivity index (χ4v) is 2.76. The van der Waals surface area contributed by atoms with E-state index in [0.717, 1.165) is 28.6 Å². The average molecular weight is 348 g/mol. The SMILES string of the molecule is COCCOCCNC(=O)CN(C)S(=O)(=O)c1ccc(F)cc1. The van der Waals surface area contributed by atoms with Gasteiger partial charge in [-0.25, -0.2) is 12.8 Å². The molecule has 7 nitrogen and oxygen atoms in total. The minimum Gasteiger partial charge on any atom is -0.382 e. The zero-order valence-electron chi connectivity index (χ0n) is 13.1. The number of rotatable bonds is 10. The predicted octanol–water partition coefficient (Wildman–Crippen LogP) is 0.225. The van der Waals surface area contributed by atoms with E-state index in [1.54, 1.807) is 7.11 Å². The van der Waals surface area contributed by atoms with Gasteiger partial charge in [0.1, 0.15) is 5.82 Å². The zero-order chi connectivity index (χ0) is 17.3. The van der Waals surface area contributed by atoms with E-state index in [9.17, 15) is 17.6 Å². The van der Waals surface area contributed by atoms with Crippen molar-refractivity contribution in [1.82, 2.24) is 9.62 Å². The third-order valence-electron chi connectivity index (χ3n) is 2.89. The molecule has 0 saturated carbocycles. The van der Waals surface area contributed by atoms with Crippen LogP contribution in [-0.2, 0) is 24.3 Å². The molecule has 0 heterocycles. The van der Waals surface area contributed by atoms with Crippen LogP contribution in [0.2, 0.25) is 0 Å². The number of likely N-dealkylation sites (N-methyl/N-ethyl adjacent to an activating group) is 1. The van der Waals surface area contributed by atoms with E-state index >= 15 is 0 Å². The highest BCUT2D eigenvalue weighted by Crippen LogP contribution is 2.14. The van der Waals surface area contributed by atoms with Crippen LogP contribution in [0.5, 0.6) is 0 Å². The lowest BCUT2D eigenvalue weighted by Gasteiger charge is -2.17. The van der Waals surface area contributed by atoms with Gasteiger partial charge in [0.05, 0.1) is 31.3 Å². The minimum absolute atomic E-state index is 0.0721.